The fraction of sp³-hybridized carbons (Fsp3) is 0.867. The van der Waals surface area contributed by atoms with Crippen molar-refractivity contribution in [1.82, 2.24) is 20.9 Å². The third kappa shape index (κ3) is 4.07. The van der Waals surface area contributed by atoms with E-state index >= 15 is 0 Å². The molecule has 0 aromatic carbocycles. The fourth-order valence-electron chi connectivity index (χ4n) is 3.43. The maximum atomic E-state index is 12.2. The molecule has 1 atom stereocenters. The second kappa shape index (κ2) is 7.55. The second-order valence-corrected chi connectivity index (χ2v) is 7.50. The molecular formula is C15H26N4O2S. The van der Waals surface area contributed by atoms with Gasteiger partial charge in [0.2, 0.25) is 5.91 Å². The first-order valence-corrected chi connectivity index (χ1v) is 9.55. The van der Waals surface area contributed by atoms with Crippen molar-refractivity contribution in [1.29, 1.82) is 0 Å². The summed E-state index contributed by atoms with van der Waals surface area (Å²) in [6, 6.07) is 0.602. The summed E-state index contributed by atoms with van der Waals surface area (Å²) in [6.45, 7) is 1.46. The summed E-state index contributed by atoms with van der Waals surface area (Å²) in [5.41, 5.74) is 0. The Hall–Kier alpha value is -0.950. The third-order valence-corrected chi connectivity index (χ3v) is 5.78. The van der Waals surface area contributed by atoms with Gasteiger partial charge in [0.05, 0.1) is 6.04 Å². The zero-order valence-electron chi connectivity index (χ0n) is 13.0. The van der Waals surface area contributed by atoms with E-state index in [2.05, 4.69) is 16.0 Å². The van der Waals surface area contributed by atoms with E-state index in [0.29, 0.717) is 6.04 Å². The van der Waals surface area contributed by atoms with Crippen LogP contribution in [0, 0.1) is 0 Å². The Morgan fingerprint density at radius 2 is 1.68 bits per heavy atom. The van der Waals surface area contributed by atoms with E-state index < -0.39 is 0 Å². The van der Waals surface area contributed by atoms with Gasteiger partial charge < -0.3 is 15.5 Å². The fourth-order valence-corrected chi connectivity index (χ4v) is 4.37. The van der Waals surface area contributed by atoms with Gasteiger partial charge in [0.15, 0.2) is 0 Å². The lowest BCUT2D eigenvalue weighted by atomic mass is 10.0. The van der Waals surface area contributed by atoms with Crippen LogP contribution in [-0.4, -0.2) is 59.7 Å². The van der Waals surface area contributed by atoms with Crippen molar-refractivity contribution in [3.8, 4) is 0 Å². The van der Waals surface area contributed by atoms with Crippen LogP contribution in [0.3, 0.4) is 0 Å². The first kappa shape index (κ1) is 15.9. The van der Waals surface area contributed by atoms with Crippen molar-refractivity contribution in [3.63, 3.8) is 0 Å². The molecule has 124 valence electrons. The van der Waals surface area contributed by atoms with E-state index in [-0.39, 0.29) is 24.0 Å². The minimum Gasteiger partial charge on any atom is -0.352 e. The summed E-state index contributed by atoms with van der Waals surface area (Å²) in [5, 5.41) is 9.45. The molecule has 1 aliphatic carbocycles. The number of nitrogens with one attached hydrogen (secondary N) is 3. The zero-order chi connectivity index (χ0) is 15.4. The van der Waals surface area contributed by atoms with Gasteiger partial charge in [0.1, 0.15) is 0 Å². The van der Waals surface area contributed by atoms with E-state index in [4.69, 9.17) is 0 Å². The molecule has 7 heteroatoms. The molecule has 0 aromatic heterocycles. The first-order chi connectivity index (χ1) is 10.7. The number of likely N-dealkylation sites (tertiary alicyclic amines) is 1. The molecule has 22 heavy (non-hydrogen) atoms. The van der Waals surface area contributed by atoms with Crippen molar-refractivity contribution in [2.24, 2.45) is 0 Å². The first-order valence-electron chi connectivity index (χ1n) is 8.39. The summed E-state index contributed by atoms with van der Waals surface area (Å²) < 4.78 is 0. The molecule has 1 saturated carbocycles. The molecule has 0 aromatic rings. The number of carbonyl (C=O) groups is 2. The van der Waals surface area contributed by atoms with Gasteiger partial charge in [-0.1, -0.05) is 12.8 Å². The van der Waals surface area contributed by atoms with Gasteiger partial charge in [-0.05, 0) is 25.7 Å². The number of thioether (sulfide) groups is 1. The molecule has 3 rings (SSSR count). The molecule has 0 spiro atoms. The molecule has 3 fully saturated rings. The lowest BCUT2D eigenvalue weighted by Crippen LogP contribution is -2.53. The average molecular weight is 326 g/mol. The van der Waals surface area contributed by atoms with Crippen molar-refractivity contribution in [3.05, 3.63) is 0 Å². The number of hydrogen-bond acceptors (Lipinski definition) is 4. The van der Waals surface area contributed by atoms with E-state index in [1.807, 2.05) is 4.90 Å². The SMILES string of the molecule is O=C(NC1CCN(C(=O)NC2CCCC2)CC1)C1CSCN1. The minimum atomic E-state index is -0.0475. The molecule has 2 saturated heterocycles. The third-order valence-electron chi connectivity index (χ3n) is 4.84. The van der Waals surface area contributed by atoms with E-state index in [0.717, 1.165) is 50.4 Å². The van der Waals surface area contributed by atoms with Crippen LogP contribution in [0.5, 0.6) is 0 Å². The highest BCUT2D eigenvalue weighted by molar-refractivity contribution is 7.99. The smallest absolute Gasteiger partial charge is 0.317 e. The summed E-state index contributed by atoms with van der Waals surface area (Å²) in [7, 11) is 0. The number of hydrogen-bond donors (Lipinski definition) is 3. The topological polar surface area (TPSA) is 73.5 Å². The number of nitrogens with zero attached hydrogens (tertiary/aromatic N) is 1. The standard InChI is InChI=1S/C15H26N4O2S/c20-14(13-9-22-10-16-13)17-12-5-7-19(8-6-12)15(21)18-11-3-1-2-4-11/h11-13,16H,1-10H2,(H,17,20)(H,18,21). The Labute approximate surface area is 136 Å². The summed E-state index contributed by atoms with van der Waals surface area (Å²) in [5.74, 6) is 1.82. The Morgan fingerprint density at radius 1 is 1.00 bits per heavy atom. The highest BCUT2D eigenvalue weighted by atomic mass is 32.2. The molecule has 1 unspecified atom stereocenters. The molecule has 3 aliphatic rings. The molecule has 6 nitrogen and oxygen atoms in total. The van der Waals surface area contributed by atoms with Gasteiger partial charge in [-0.25, -0.2) is 4.79 Å². The van der Waals surface area contributed by atoms with Gasteiger partial charge >= 0.3 is 6.03 Å². The summed E-state index contributed by atoms with van der Waals surface area (Å²) >= 11 is 1.76. The van der Waals surface area contributed by atoms with Gasteiger partial charge in [0.25, 0.3) is 0 Å². The predicted octanol–water partition coefficient (Wildman–Crippen LogP) is 0.882. The molecular weight excluding hydrogens is 300 g/mol. The van der Waals surface area contributed by atoms with Crippen LogP contribution in [-0.2, 0) is 4.79 Å². The van der Waals surface area contributed by atoms with Crippen molar-refractivity contribution < 1.29 is 9.59 Å². The van der Waals surface area contributed by atoms with Gasteiger partial charge in [-0.2, -0.15) is 0 Å². The van der Waals surface area contributed by atoms with Crippen LogP contribution in [0.1, 0.15) is 38.5 Å². The van der Waals surface area contributed by atoms with E-state index in [1.54, 1.807) is 11.8 Å². The number of rotatable bonds is 3. The van der Waals surface area contributed by atoms with Crippen molar-refractivity contribution in [2.45, 2.75) is 56.7 Å². The minimum absolute atomic E-state index is 0.0475. The maximum Gasteiger partial charge on any atom is 0.317 e. The largest absolute Gasteiger partial charge is 0.352 e. The highest BCUT2D eigenvalue weighted by Gasteiger charge is 2.28. The maximum absolute atomic E-state index is 12.2. The van der Waals surface area contributed by atoms with Gasteiger partial charge in [-0.3, -0.25) is 10.1 Å². The number of amides is 3. The zero-order valence-corrected chi connectivity index (χ0v) is 13.8. The Bertz CT molecular complexity index is 400. The van der Waals surface area contributed by atoms with Crippen LogP contribution >= 0.6 is 11.8 Å². The Morgan fingerprint density at radius 3 is 2.32 bits per heavy atom. The van der Waals surface area contributed by atoms with Crippen LogP contribution < -0.4 is 16.0 Å². The predicted molar refractivity (Wildman–Crippen MR) is 87.8 cm³/mol. The molecule has 2 aliphatic heterocycles. The number of urea groups is 1. The summed E-state index contributed by atoms with van der Waals surface area (Å²) in [4.78, 5) is 26.2. The van der Waals surface area contributed by atoms with Crippen LogP contribution in [0.25, 0.3) is 0 Å². The second-order valence-electron chi connectivity index (χ2n) is 6.47. The lowest BCUT2D eigenvalue weighted by molar-refractivity contribution is -0.123. The average Bonchev–Trinajstić information content (AvgIpc) is 3.21. The van der Waals surface area contributed by atoms with Crippen LogP contribution in [0.4, 0.5) is 4.79 Å². The molecule has 3 amide bonds. The number of piperidine rings is 1. The van der Waals surface area contributed by atoms with Gasteiger partial charge in [-0.15, -0.1) is 11.8 Å². The van der Waals surface area contributed by atoms with Crippen molar-refractivity contribution in [2.75, 3.05) is 24.7 Å². The van der Waals surface area contributed by atoms with Gasteiger partial charge in [0, 0.05) is 36.8 Å². The monoisotopic (exact) mass is 326 g/mol. The summed E-state index contributed by atoms with van der Waals surface area (Å²) in [6.07, 6.45) is 6.39. The lowest BCUT2D eigenvalue weighted by Gasteiger charge is -2.33. The molecule has 3 N–H and O–H groups in total. The van der Waals surface area contributed by atoms with Crippen LogP contribution in [0.15, 0.2) is 0 Å². The molecule has 2 heterocycles. The van der Waals surface area contributed by atoms with Crippen LogP contribution in [0.2, 0.25) is 0 Å². The van der Waals surface area contributed by atoms with E-state index in [1.165, 1.54) is 12.8 Å². The molecule has 0 radical (unpaired) electrons. The Balaban J connectivity index is 1.38. The quantitative estimate of drug-likeness (QED) is 0.720. The normalized spacial score (nSPS) is 27.1. The van der Waals surface area contributed by atoms with E-state index in [9.17, 15) is 9.59 Å². The van der Waals surface area contributed by atoms with Crippen molar-refractivity contribution >= 4 is 23.7 Å². The molecule has 0 bridgehead atoms. The number of carbonyl (C=O) groups excluding carboxylic acids is 2. The Kier molecular flexibility index (Phi) is 5.46. The highest BCUT2D eigenvalue weighted by Crippen LogP contribution is 2.19.